The summed E-state index contributed by atoms with van der Waals surface area (Å²) in [7, 11) is -1.00. The van der Waals surface area contributed by atoms with Crippen molar-refractivity contribution < 1.29 is 164 Å². The van der Waals surface area contributed by atoms with E-state index in [1.54, 1.807) is 54.6 Å². The maximum atomic E-state index is 10.8. The smallest absolute Gasteiger partial charge is 1.00 e. The maximum Gasteiger partial charge on any atom is 1.00 e. The molecule has 4 aromatic rings. The van der Waals surface area contributed by atoms with E-state index in [4.69, 9.17) is 30.7 Å². The molecular weight excluding hydrogens is 797 g/mol. The van der Waals surface area contributed by atoms with Crippen molar-refractivity contribution in [2.45, 2.75) is 0 Å². The molecule has 264 valence electrons. The molecule has 0 aliphatic rings. The molecule has 0 aliphatic carbocycles. The van der Waals surface area contributed by atoms with Crippen molar-refractivity contribution in [3.05, 3.63) is 128 Å². The Morgan fingerprint density at radius 2 is 1.14 bits per heavy atom. The number of para-hydroxylation sites is 2. The number of aldehydes is 2. The first-order valence-corrected chi connectivity index (χ1v) is 14.5. The molecule has 0 saturated carbocycles. The van der Waals surface area contributed by atoms with Gasteiger partial charge in [0.05, 0.1) is 36.1 Å². The Morgan fingerprint density at radius 3 is 1.51 bits per heavy atom. The first-order valence-electron chi connectivity index (χ1n) is 14.1. The van der Waals surface area contributed by atoms with Crippen LogP contribution in [0.25, 0.3) is 0 Å². The third kappa shape index (κ3) is 24.3. The summed E-state index contributed by atoms with van der Waals surface area (Å²) in [5, 5.41) is 38.8. The number of non-ortho nitro benzene ring substituents is 2. The molecule has 1 N–H and O–H groups in total. The molecule has 0 atom stereocenters. The van der Waals surface area contributed by atoms with Gasteiger partial charge in [-0.3, -0.25) is 39.0 Å². The summed E-state index contributed by atoms with van der Waals surface area (Å²) >= 11 is 3.21. The van der Waals surface area contributed by atoms with Crippen LogP contribution in [0.1, 0.15) is 23.5 Å². The molecule has 0 unspecified atom stereocenters. The van der Waals surface area contributed by atoms with Crippen molar-refractivity contribution in [3.8, 4) is 23.0 Å². The molecule has 0 bridgehead atoms. The van der Waals surface area contributed by atoms with Crippen LogP contribution in [0.2, 0.25) is 0 Å². The average Bonchev–Trinajstić information content (AvgIpc) is 3.14. The predicted octanol–water partition coefficient (Wildman–Crippen LogP) is -0.421. The number of carbonyl (C=O) groups excluding carboxylic acids is 3. The number of nitro benzene ring substituents is 2. The van der Waals surface area contributed by atoms with Crippen LogP contribution in [0.4, 0.5) is 15.8 Å². The summed E-state index contributed by atoms with van der Waals surface area (Å²) in [6.45, 7) is 0.907. The number of hydrogen-bond acceptors (Lipinski definition) is 13. The second-order valence-electron chi connectivity index (χ2n) is 8.26. The molecule has 4 rings (SSSR count). The van der Waals surface area contributed by atoms with Crippen LogP contribution in [0.15, 0.2) is 97.1 Å². The van der Waals surface area contributed by atoms with E-state index in [9.17, 15) is 34.2 Å². The van der Waals surface area contributed by atoms with Gasteiger partial charge < -0.3 is 30.9 Å². The summed E-state index contributed by atoms with van der Waals surface area (Å²) in [6.07, 6.45) is 1.35. The first-order chi connectivity index (χ1) is 24.1. The van der Waals surface area contributed by atoms with E-state index in [0.29, 0.717) is 41.3 Å². The molecule has 0 saturated heterocycles. The molecule has 4 aromatic carbocycles. The first kappa shape index (κ1) is 50.4. The number of alkyl halides is 2. The van der Waals surface area contributed by atoms with Crippen molar-refractivity contribution in [3.63, 3.8) is 0 Å². The number of phenols is 1. The number of benzene rings is 4. The average molecular weight is 831 g/mol. The van der Waals surface area contributed by atoms with Gasteiger partial charge in [-0.1, -0.05) is 40.2 Å². The van der Waals surface area contributed by atoms with Gasteiger partial charge in [0.15, 0.2) is 12.6 Å². The van der Waals surface area contributed by atoms with E-state index in [-0.39, 0.29) is 141 Å². The topological polar surface area (TPSA) is 218 Å². The number of carbonyl (C=O) groups is 3. The SMILES string of the molecule is O=CO[O-].O=Cc1ccccc1O.O=Cc1ccccc1OCCOc1ccc([N+](=O)[O-])cc1.O=[N+]([O-])c1ccc(OCCBr)cc1.[2H]CF.[H-].[K+].[K+]. The second kappa shape index (κ2) is 34.4. The summed E-state index contributed by atoms with van der Waals surface area (Å²) in [4.78, 5) is 52.0. The van der Waals surface area contributed by atoms with Gasteiger partial charge in [-0.2, -0.15) is 0 Å². The minimum atomic E-state index is -1.00. The van der Waals surface area contributed by atoms with Gasteiger partial charge >= 0.3 is 103 Å². The quantitative estimate of drug-likeness (QED) is 0.0345. The van der Waals surface area contributed by atoms with Gasteiger partial charge in [0.1, 0.15) is 36.2 Å². The number of nitrogens with zero attached hydrogens (tertiary/aromatic N) is 2. The van der Waals surface area contributed by atoms with E-state index in [0.717, 1.165) is 11.6 Å². The third-order valence-electron chi connectivity index (χ3n) is 5.20. The van der Waals surface area contributed by atoms with E-state index >= 15 is 0 Å². The Labute approximate surface area is 388 Å². The molecule has 15 nitrogen and oxygen atoms in total. The Bertz CT molecular complexity index is 1580. The second-order valence-corrected chi connectivity index (χ2v) is 9.05. The van der Waals surface area contributed by atoms with E-state index < -0.39 is 17.0 Å². The van der Waals surface area contributed by atoms with Gasteiger partial charge in [-0.25, -0.2) is 0 Å². The normalized spacial score (nSPS) is 8.88. The van der Waals surface area contributed by atoms with Crippen LogP contribution in [0.3, 0.4) is 0 Å². The van der Waals surface area contributed by atoms with Crippen molar-refractivity contribution in [1.29, 1.82) is 0 Å². The number of nitro groups is 2. The Hall–Kier alpha value is -2.67. The van der Waals surface area contributed by atoms with Gasteiger partial charge in [-0.05, 0) is 48.5 Å². The Balaban J connectivity index is -0.000000323. The molecule has 0 radical (unpaired) electrons. The molecule has 0 amide bonds. The van der Waals surface area contributed by atoms with Crippen molar-refractivity contribution in [2.75, 3.05) is 32.3 Å². The van der Waals surface area contributed by atoms with Crippen molar-refractivity contribution >= 4 is 46.3 Å². The molecule has 0 fully saturated rings. The van der Waals surface area contributed by atoms with Gasteiger partial charge in [0.25, 0.3) is 17.8 Å². The largest absolute Gasteiger partial charge is 1.00 e. The van der Waals surface area contributed by atoms with Gasteiger partial charge in [0, 0.05) is 29.6 Å². The predicted molar refractivity (Wildman–Crippen MR) is 177 cm³/mol. The number of phenolic OH excluding ortho intramolecular Hbond substituents is 1. The summed E-state index contributed by atoms with van der Waals surface area (Å²) < 4.78 is 31.6. The monoisotopic (exact) mass is 829 g/mol. The van der Waals surface area contributed by atoms with E-state index in [1.807, 2.05) is 0 Å². The minimum absolute atomic E-state index is 0. The molecule has 0 aromatic heterocycles. The summed E-state index contributed by atoms with van der Waals surface area (Å²) in [6, 6.07) is 25.1. The molecule has 0 spiro atoms. The number of aromatic hydroxyl groups is 1. The van der Waals surface area contributed by atoms with Gasteiger partial charge in [0.2, 0.25) is 0 Å². The fourth-order valence-corrected chi connectivity index (χ4v) is 3.25. The zero-order valence-corrected chi connectivity index (χ0v) is 35.3. The molecule has 51 heavy (non-hydrogen) atoms. The molecule has 19 heteroatoms. The zero-order valence-electron chi connectivity index (χ0n) is 29.5. The minimum Gasteiger partial charge on any atom is -1.00 e. The molecule has 0 aliphatic heterocycles. The fraction of sp³-hybridized carbons (Fsp3) is 0.156. The fourth-order valence-electron chi connectivity index (χ4n) is 3.09. The van der Waals surface area contributed by atoms with Crippen LogP contribution in [-0.2, 0) is 9.68 Å². The van der Waals surface area contributed by atoms with Crippen molar-refractivity contribution in [1.82, 2.24) is 0 Å². The Kier molecular flexibility index (Phi) is 34.0. The standard InChI is InChI=1S/C15H13NO5.C8H8BrNO3.C7H6O2.CH3F.CH2O3.2K.H/c17-11-12-3-1-2-4-15(12)21-10-9-20-14-7-5-13(6-8-14)16(18)19;9-5-6-13-8-3-1-7(2-4-8)10(11)12;8-5-6-3-1-2-4-7(6)9;1-2;2-1-4-3;;;/h1-8,11H,9-10H2;1-4H,5-6H2;1-5,9H;1H3;1,3H;;;/q;;;;;2*+1;-1/p-1/i;;;1D;;;;. The summed E-state index contributed by atoms with van der Waals surface area (Å²) in [5.74, 6) is 1.70. The van der Waals surface area contributed by atoms with Crippen LogP contribution in [0.5, 0.6) is 23.0 Å². The maximum absolute atomic E-state index is 10.8. The summed E-state index contributed by atoms with van der Waals surface area (Å²) in [5.41, 5.74) is 0.898. The zero-order chi connectivity index (χ0) is 37.6. The van der Waals surface area contributed by atoms with Crippen LogP contribution in [-0.4, -0.2) is 66.3 Å². The number of ether oxygens (including phenoxy) is 3. The van der Waals surface area contributed by atoms with Crippen LogP contribution in [0, 0.1) is 20.2 Å². The number of rotatable bonds is 13. The molecule has 0 heterocycles. The van der Waals surface area contributed by atoms with E-state index in [2.05, 4.69) is 20.8 Å². The van der Waals surface area contributed by atoms with Crippen LogP contribution < -0.4 is 122 Å². The number of hydrogen-bond donors (Lipinski definition) is 1. The third-order valence-corrected chi connectivity index (χ3v) is 5.52. The van der Waals surface area contributed by atoms with Crippen molar-refractivity contribution in [2.24, 2.45) is 0 Å². The Morgan fingerprint density at radius 1 is 0.745 bits per heavy atom. The van der Waals surface area contributed by atoms with Gasteiger partial charge in [-0.15, -0.1) is 0 Å². The van der Waals surface area contributed by atoms with Crippen LogP contribution >= 0.6 is 15.9 Å². The molecular formula is C32H32BrFK2N2O13. The number of halogens is 2. The van der Waals surface area contributed by atoms with E-state index in [1.165, 1.54) is 42.5 Å².